The summed E-state index contributed by atoms with van der Waals surface area (Å²) in [6.07, 6.45) is 8.68. The molecule has 1 aromatic heterocycles. The predicted octanol–water partition coefficient (Wildman–Crippen LogP) is 3.51. The van der Waals surface area contributed by atoms with Crippen LogP contribution in [0.5, 0.6) is 0 Å². The normalized spacial score (nSPS) is 15.5. The fourth-order valence-electron chi connectivity index (χ4n) is 3.37. The molecule has 0 spiro atoms. The lowest BCUT2D eigenvalue weighted by molar-refractivity contribution is -0.119. The van der Waals surface area contributed by atoms with Crippen molar-refractivity contribution >= 4 is 28.6 Å². The van der Waals surface area contributed by atoms with Crippen LogP contribution < -0.4 is 10.9 Å². The fourth-order valence-corrected chi connectivity index (χ4v) is 4.19. The summed E-state index contributed by atoms with van der Waals surface area (Å²) in [5.74, 6) is 0.271. The lowest BCUT2D eigenvalue weighted by atomic mass is 10.1. The first-order valence-corrected chi connectivity index (χ1v) is 10.2. The summed E-state index contributed by atoms with van der Waals surface area (Å²) >= 11 is 1.31. The Kier molecular flexibility index (Phi) is 6.50. The van der Waals surface area contributed by atoms with Gasteiger partial charge in [-0.1, -0.05) is 55.7 Å². The smallest absolute Gasteiger partial charge is 0.262 e. The second kappa shape index (κ2) is 9.03. The highest BCUT2D eigenvalue weighted by Gasteiger charge is 2.16. The summed E-state index contributed by atoms with van der Waals surface area (Å²) in [5, 5.41) is 4.28. The van der Waals surface area contributed by atoms with Gasteiger partial charge in [0.05, 0.1) is 16.7 Å². The molecule has 26 heavy (non-hydrogen) atoms. The summed E-state index contributed by atoms with van der Waals surface area (Å²) < 4.78 is 1.58. The van der Waals surface area contributed by atoms with Crippen molar-refractivity contribution in [3.05, 3.63) is 47.3 Å². The van der Waals surface area contributed by atoms with Gasteiger partial charge in [0.15, 0.2) is 5.16 Å². The lowest BCUT2D eigenvalue weighted by Gasteiger charge is -2.16. The maximum Gasteiger partial charge on any atom is 0.262 e. The first kappa shape index (κ1) is 18.7. The Bertz CT molecular complexity index is 839. The quantitative estimate of drug-likeness (QED) is 0.365. The minimum atomic E-state index is -0.0952. The van der Waals surface area contributed by atoms with Crippen molar-refractivity contribution in [2.45, 2.75) is 56.3 Å². The third kappa shape index (κ3) is 4.55. The minimum absolute atomic E-state index is 0.00876. The largest absolute Gasteiger partial charge is 0.353 e. The van der Waals surface area contributed by atoms with E-state index in [2.05, 4.69) is 16.9 Å². The van der Waals surface area contributed by atoms with Crippen molar-refractivity contribution in [1.82, 2.24) is 14.9 Å². The van der Waals surface area contributed by atoms with Gasteiger partial charge in [0.2, 0.25) is 5.91 Å². The Morgan fingerprint density at radius 2 is 2.00 bits per heavy atom. The molecule has 138 valence electrons. The number of carbonyl (C=O) groups is 1. The van der Waals surface area contributed by atoms with Gasteiger partial charge in [0.1, 0.15) is 0 Å². The van der Waals surface area contributed by atoms with Crippen molar-refractivity contribution in [3.8, 4) is 0 Å². The zero-order valence-electron chi connectivity index (χ0n) is 14.9. The Hall–Kier alpha value is -2.08. The zero-order valence-corrected chi connectivity index (χ0v) is 15.8. The Labute approximate surface area is 157 Å². The number of benzene rings is 1. The number of fused-ring (bicyclic) bond motifs is 1. The van der Waals surface area contributed by atoms with Crippen LogP contribution in [-0.4, -0.2) is 27.3 Å². The van der Waals surface area contributed by atoms with Gasteiger partial charge < -0.3 is 5.32 Å². The van der Waals surface area contributed by atoms with Crippen molar-refractivity contribution in [3.63, 3.8) is 0 Å². The molecular weight excluding hydrogens is 346 g/mol. The molecule has 5 nitrogen and oxygen atoms in total. The molecule has 1 fully saturated rings. The molecule has 0 aliphatic heterocycles. The highest BCUT2D eigenvalue weighted by Crippen LogP contribution is 2.19. The molecule has 2 aromatic rings. The molecule has 0 radical (unpaired) electrons. The first-order chi connectivity index (χ1) is 12.7. The van der Waals surface area contributed by atoms with Crippen LogP contribution >= 0.6 is 11.8 Å². The van der Waals surface area contributed by atoms with Crippen molar-refractivity contribution < 1.29 is 4.79 Å². The highest BCUT2D eigenvalue weighted by atomic mass is 32.2. The molecular formula is C20H25N3O2S. The maximum absolute atomic E-state index is 12.7. The molecule has 1 saturated carbocycles. The lowest BCUT2D eigenvalue weighted by Crippen LogP contribution is -2.35. The number of allylic oxidation sites excluding steroid dienone is 1. The number of hydrogen-bond acceptors (Lipinski definition) is 4. The Balaban J connectivity index is 1.73. The number of thioether (sulfide) groups is 1. The van der Waals surface area contributed by atoms with Gasteiger partial charge in [0.25, 0.3) is 5.56 Å². The Morgan fingerprint density at radius 1 is 1.27 bits per heavy atom. The molecule has 1 aliphatic carbocycles. The molecule has 1 aliphatic rings. The van der Waals surface area contributed by atoms with E-state index in [0.717, 1.165) is 12.8 Å². The van der Waals surface area contributed by atoms with Crippen LogP contribution in [-0.2, 0) is 11.3 Å². The SMILES string of the molecule is C=CCn1c(SCC(=O)NC2CCCCCC2)nc2ccccc2c1=O. The number of hydrogen-bond donors (Lipinski definition) is 1. The second-order valence-electron chi connectivity index (χ2n) is 6.66. The zero-order chi connectivity index (χ0) is 18.4. The monoisotopic (exact) mass is 371 g/mol. The summed E-state index contributed by atoms with van der Waals surface area (Å²) in [5.41, 5.74) is 0.562. The van der Waals surface area contributed by atoms with Crippen LogP contribution in [0.4, 0.5) is 0 Å². The van der Waals surface area contributed by atoms with Crippen LogP contribution in [0.1, 0.15) is 38.5 Å². The topological polar surface area (TPSA) is 64.0 Å². The van der Waals surface area contributed by atoms with Gasteiger partial charge in [-0.2, -0.15) is 0 Å². The van der Waals surface area contributed by atoms with Gasteiger partial charge in [0, 0.05) is 12.6 Å². The van der Waals surface area contributed by atoms with Crippen LogP contribution in [0.3, 0.4) is 0 Å². The second-order valence-corrected chi connectivity index (χ2v) is 7.60. The van der Waals surface area contributed by atoms with Gasteiger partial charge in [-0.05, 0) is 25.0 Å². The maximum atomic E-state index is 12.7. The molecule has 0 bridgehead atoms. The van der Waals surface area contributed by atoms with Crippen LogP contribution in [0.15, 0.2) is 46.9 Å². The van der Waals surface area contributed by atoms with Crippen molar-refractivity contribution in [2.75, 3.05) is 5.75 Å². The third-order valence-electron chi connectivity index (χ3n) is 4.69. The molecule has 1 heterocycles. The summed E-state index contributed by atoms with van der Waals surface area (Å²) in [7, 11) is 0. The number of carbonyl (C=O) groups excluding carboxylic acids is 1. The molecule has 1 aromatic carbocycles. The first-order valence-electron chi connectivity index (χ1n) is 9.21. The summed E-state index contributed by atoms with van der Waals surface area (Å²) in [6, 6.07) is 7.57. The molecule has 0 atom stereocenters. The van der Waals surface area contributed by atoms with E-state index in [1.165, 1.54) is 37.4 Å². The molecule has 0 saturated heterocycles. The van der Waals surface area contributed by atoms with Crippen molar-refractivity contribution in [2.24, 2.45) is 0 Å². The number of nitrogens with one attached hydrogen (secondary N) is 1. The molecule has 1 N–H and O–H groups in total. The van der Waals surface area contributed by atoms with Crippen LogP contribution in [0.25, 0.3) is 10.9 Å². The van der Waals surface area contributed by atoms with Crippen LogP contribution in [0.2, 0.25) is 0 Å². The number of aromatic nitrogens is 2. The van der Waals surface area contributed by atoms with Gasteiger partial charge in [-0.25, -0.2) is 4.98 Å². The number of nitrogens with zero attached hydrogens (tertiary/aromatic N) is 2. The molecule has 0 unspecified atom stereocenters. The molecule has 3 rings (SSSR count). The molecule has 6 heteroatoms. The number of rotatable bonds is 6. The van der Waals surface area contributed by atoms with Crippen molar-refractivity contribution in [1.29, 1.82) is 0 Å². The summed E-state index contributed by atoms with van der Waals surface area (Å²) in [4.78, 5) is 29.6. The van der Waals surface area contributed by atoms with Gasteiger partial charge >= 0.3 is 0 Å². The fraction of sp³-hybridized carbons (Fsp3) is 0.450. The van der Waals surface area contributed by atoms with Crippen LogP contribution in [0, 0.1) is 0 Å². The third-order valence-corrected chi connectivity index (χ3v) is 5.67. The van der Waals surface area contributed by atoms with E-state index in [1.807, 2.05) is 18.2 Å². The Morgan fingerprint density at radius 3 is 2.73 bits per heavy atom. The van der Waals surface area contributed by atoms with Gasteiger partial charge in [-0.15, -0.1) is 6.58 Å². The average Bonchev–Trinajstić information content (AvgIpc) is 2.91. The number of para-hydroxylation sites is 1. The van der Waals surface area contributed by atoms with E-state index in [9.17, 15) is 9.59 Å². The number of amides is 1. The highest BCUT2D eigenvalue weighted by molar-refractivity contribution is 7.99. The average molecular weight is 372 g/mol. The standard InChI is InChI=1S/C20H25N3O2S/c1-2-13-23-19(25)16-11-7-8-12-17(16)22-20(23)26-14-18(24)21-15-9-5-3-4-6-10-15/h2,7-8,11-12,15H,1,3-6,9-10,13-14H2,(H,21,24). The predicted molar refractivity (Wildman–Crippen MR) is 107 cm³/mol. The van der Waals surface area contributed by atoms with E-state index < -0.39 is 0 Å². The van der Waals surface area contributed by atoms with E-state index >= 15 is 0 Å². The van der Waals surface area contributed by atoms with E-state index in [4.69, 9.17) is 0 Å². The van der Waals surface area contributed by atoms with E-state index in [0.29, 0.717) is 22.6 Å². The van der Waals surface area contributed by atoms with Gasteiger partial charge in [-0.3, -0.25) is 14.2 Å². The van der Waals surface area contributed by atoms with E-state index in [1.54, 1.807) is 16.7 Å². The molecule has 1 amide bonds. The van der Waals surface area contributed by atoms with E-state index in [-0.39, 0.29) is 23.3 Å². The summed E-state index contributed by atoms with van der Waals surface area (Å²) in [6.45, 7) is 4.10. The minimum Gasteiger partial charge on any atom is -0.353 e.